The minimum Gasteiger partial charge on any atom is -0.394 e. The molecule has 0 amide bonds. The van der Waals surface area contributed by atoms with Gasteiger partial charge in [-0.3, -0.25) is 4.90 Å². The Balaban J connectivity index is 1.95. The number of ether oxygens (including phenoxy) is 1. The number of morpholine rings is 1. The molecule has 0 radical (unpaired) electrons. The van der Waals surface area contributed by atoms with Crippen LogP contribution in [0, 0.1) is 0 Å². The summed E-state index contributed by atoms with van der Waals surface area (Å²) in [5.41, 5.74) is 0.339. The Morgan fingerprint density at radius 1 is 1.58 bits per heavy atom. The Morgan fingerprint density at radius 2 is 2.33 bits per heavy atom. The lowest BCUT2D eigenvalue weighted by Gasteiger charge is -2.52. The zero-order chi connectivity index (χ0) is 8.60. The smallest absolute Gasteiger partial charge is 0.0933 e. The van der Waals surface area contributed by atoms with Crippen molar-refractivity contribution < 1.29 is 9.84 Å². The molecule has 0 aromatic rings. The van der Waals surface area contributed by atoms with E-state index >= 15 is 0 Å². The molecule has 0 aromatic heterocycles. The fourth-order valence-corrected chi connectivity index (χ4v) is 2.16. The zero-order valence-electron chi connectivity index (χ0n) is 7.62. The number of hydrogen-bond acceptors (Lipinski definition) is 3. The number of hydrogen-bond donors (Lipinski definition) is 1. The average molecular weight is 171 g/mol. The summed E-state index contributed by atoms with van der Waals surface area (Å²) in [4.78, 5) is 2.36. The number of likely N-dealkylation sites (N-methyl/N-ethyl adjacent to an activating group) is 1. The van der Waals surface area contributed by atoms with Crippen LogP contribution >= 0.6 is 0 Å². The van der Waals surface area contributed by atoms with Crippen LogP contribution in [0.25, 0.3) is 0 Å². The monoisotopic (exact) mass is 171 g/mol. The van der Waals surface area contributed by atoms with E-state index < -0.39 is 0 Å². The first kappa shape index (κ1) is 8.48. The quantitative estimate of drug-likeness (QED) is 0.613. The van der Waals surface area contributed by atoms with Crippen LogP contribution in [0.15, 0.2) is 0 Å². The molecular formula is C9H17NO2. The second-order valence-electron chi connectivity index (χ2n) is 4.07. The first-order valence-electron chi connectivity index (χ1n) is 4.70. The van der Waals surface area contributed by atoms with Gasteiger partial charge >= 0.3 is 0 Å². The van der Waals surface area contributed by atoms with Crippen molar-refractivity contribution in [2.75, 3.05) is 26.8 Å². The lowest BCUT2D eigenvalue weighted by atomic mass is 9.75. The molecule has 0 bridgehead atoms. The Labute approximate surface area is 73.3 Å². The first-order valence-corrected chi connectivity index (χ1v) is 4.70. The van der Waals surface area contributed by atoms with Gasteiger partial charge in [0.1, 0.15) is 0 Å². The molecule has 1 saturated carbocycles. The molecule has 2 rings (SSSR count). The summed E-state index contributed by atoms with van der Waals surface area (Å²) in [6, 6.07) is 0. The van der Waals surface area contributed by atoms with E-state index in [0.29, 0.717) is 5.54 Å². The van der Waals surface area contributed by atoms with Crippen LogP contribution in [0.1, 0.15) is 19.3 Å². The molecule has 1 atom stereocenters. The van der Waals surface area contributed by atoms with E-state index in [1.165, 1.54) is 19.3 Å². The van der Waals surface area contributed by atoms with E-state index in [1.807, 2.05) is 0 Å². The SMILES string of the molecule is CN1CC(CO)OCC12CCC2. The molecule has 1 aliphatic carbocycles. The van der Waals surface area contributed by atoms with Crippen LogP contribution in [0.2, 0.25) is 0 Å². The van der Waals surface area contributed by atoms with E-state index in [9.17, 15) is 0 Å². The normalized spacial score (nSPS) is 35.0. The summed E-state index contributed by atoms with van der Waals surface area (Å²) in [6.45, 7) is 1.85. The Hall–Kier alpha value is -0.120. The molecule has 1 aliphatic heterocycles. The fourth-order valence-electron chi connectivity index (χ4n) is 2.16. The minimum absolute atomic E-state index is 0.0428. The summed E-state index contributed by atoms with van der Waals surface area (Å²) in [5.74, 6) is 0. The molecular weight excluding hydrogens is 154 g/mol. The molecule has 2 aliphatic rings. The maximum Gasteiger partial charge on any atom is 0.0933 e. The van der Waals surface area contributed by atoms with Crippen LogP contribution in [-0.2, 0) is 4.74 Å². The molecule has 2 fully saturated rings. The van der Waals surface area contributed by atoms with Crippen LogP contribution in [0.5, 0.6) is 0 Å². The Morgan fingerprint density at radius 3 is 2.75 bits per heavy atom. The van der Waals surface area contributed by atoms with Gasteiger partial charge < -0.3 is 9.84 Å². The summed E-state index contributed by atoms with van der Waals surface area (Å²) in [5, 5.41) is 8.92. The second kappa shape index (κ2) is 2.98. The van der Waals surface area contributed by atoms with Gasteiger partial charge in [0, 0.05) is 12.1 Å². The topological polar surface area (TPSA) is 32.7 Å². The largest absolute Gasteiger partial charge is 0.394 e. The van der Waals surface area contributed by atoms with Gasteiger partial charge in [0.05, 0.1) is 19.3 Å². The number of aliphatic hydroxyl groups excluding tert-OH is 1. The third-order valence-electron chi connectivity index (χ3n) is 3.36. The van der Waals surface area contributed by atoms with Crippen LogP contribution in [0.4, 0.5) is 0 Å². The predicted octanol–water partition coefficient (Wildman–Crippen LogP) is 0.232. The van der Waals surface area contributed by atoms with Crippen molar-refractivity contribution >= 4 is 0 Å². The van der Waals surface area contributed by atoms with E-state index in [0.717, 1.165) is 13.2 Å². The summed E-state index contributed by atoms with van der Waals surface area (Å²) >= 11 is 0. The molecule has 3 nitrogen and oxygen atoms in total. The Kier molecular flexibility index (Phi) is 2.10. The molecule has 12 heavy (non-hydrogen) atoms. The van der Waals surface area contributed by atoms with Gasteiger partial charge in [-0.2, -0.15) is 0 Å². The van der Waals surface area contributed by atoms with Gasteiger partial charge in [0.15, 0.2) is 0 Å². The Bertz CT molecular complexity index is 168. The average Bonchev–Trinajstić information content (AvgIpc) is 2.01. The van der Waals surface area contributed by atoms with Crippen molar-refractivity contribution in [2.24, 2.45) is 0 Å². The maximum atomic E-state index is 8.92. The van der Waals surface area contributed by atoms with Crippen LogP contribution in [0.3, 0.4) is 0 Å². The van der Waals surface area contributed by atoms with Gasteiger partial charge in [0.2, 0.25) is 0 Å². The van der Waals surface area contributed by atoms with E-state index in [2.05, 4.69) is 11.9 Å². The van der Waals surface area contributed by atoms with E-state index in [4.69, 9.17) is 9.84 Å². The molecule has 1 heterocycles. The number of nitrogens with zero attached hydrogens (tertiary/aromatic N) is 1. The highest BCUT2D eigenvalue weighted by Crippen LogP contribution is 2.39. The van der Waals surface area contributed by atoms with Gasteiger partial charge in [-0.1, -0.05) is 0 Å². The molecule has 1 saturated heterocycles. The molecule has 3 heteroatoms. The number of aliphatic hydroxyl groups is 1. The lowest BCUT2D eigenvalue weighted by molar-refractivity contribution is -0.142. The van der Waals surface area contributed by atoms with Crippen molar-refractivity contribution in [2.45, 2.75) is 30.9 Å². The first-order chi connectivity index (χ1) is 5.77. The van der Waals surface area contributed by atoms with Crippen LogP contribution < -0.4 is 0 Å². The predicted molar refractivity (Wildman–Crippen MR) is 46.0 cm³/mol. The summed E-state index contributed by atoms with van der Waals surface area (Å²) in [6.07, 6.45) is 3.90. The highest BCUT2D eigenvalue weighted by atomic mass is 16.5. The standard InChI is InChI=1S/C9H17NO2/c1-10-5-8(6-11)12-7-9(10)3-2-4-9/h8,11H,2-7H2,1H3. The molecule has 1 spiro atoms. The highest BCUT2D eigenvalue weighted by Gasteiger charge is 2.44. The van der Waals surface area contributed by atoms with Gasteiger partial charge in [-0.25, -0.2) is 0 Å². The second-order valence-corrected chi connectivity index (χ2v) is 4.07. The molecule has 0 aromatic carbocycles. The van der Waals surface area contributed by atoms with E-state index in [1.54, 1.807) is 0 Å². The van der Waals surface area contributed by atoms with Crippen LogP contribution in [-0.4, -0.2) is 48.5 Å². The van der Waals surface area contributed by atoms with Crippen molar-refractivity contribution in [3.63, 3.8) is 0 Å². The fraction of sp³-hybridized carbons (Fsp3) is 1.00. The van der Waals surface area contributed by atoms with Crippen molar-refractivity contribution in [3.05, 3.63) is 0 Å². The third kappa shape index (κ3) is 1.16. The minimum atomic E-state index is 0.0428. The molecule has 70 valence electrons. The molecule has 1 unspecified atom stereocenters. The zero-order valence-corrected chi connectivity index (χ0v) is 7.62. The van der Waals surface area contributed by atoms with Crippen molar-refractivity contribution in [3.8, 4) is 0 Å². The lowest BCUT2D eigenvalue weighted by Crippen LogP contribution is -2.61. The molecule has 1 N–H and O–H groups in total. The summed E-state index contributed by atoms with van der Waals surface area (Å²) < 4.78 is 5.56. The highest BCUT2D eigenvalue weighted by molar-refractivity contribution is 4.99. The third-order valence-corrected chi connectivity index (χ3v) is 3.36. The van der Waals surface area contributed by atoms with Gasteiger partial charge in [-0.15, -0.1) is 0 Å². The van der Waals surface area contributed by atoms with Crippen molar-refractivity contribution in [1.82, 2.24) is 4.90 Å². The van der Waals surface area contributed by atoms with Gasteiger partial charge in [0.25, 0.3) is 0 Å². The maximum absolute atomic E-state index is 8.92. The van der Waals surface area contributed by atoms with E-state index in [-0.39, 0.29) is 12.7 Å². The van der Waals surface area contributed by atoms with Crippen molar-refractivity contribution in [1.29, 1.82) is 0 Å². The number of rotatable bonds is 1. The summed E-state index contributed by atoms with van der Waals surface area (Å²) in [7, 11) is 2.14. The van der Waals surface area contributed by atoms with Gasteiger partial charge in [-0.05, 0) is 26.3 Å².